The van der Waals surface area contributed by atoms with Crippen molar-refractivity contribution in [3.63, 3.8) is 0 Å². The molecule has 0 spiro atoms. The summed E-state index contributed by atoms with van der Waals surface area (Å²) in [6.07, 6.45) is -1.98. The topological polar surface area (TPSA) is 29.5 Å². The summed E-state index contributed by atoms with van der Waals surface area (Å²) < 4.78 is 42.1. The molecule has 0 aromatic heterocycles. The fourth-order valence-electron chi connectivity index (χ4n) is 1.92. The average molecular weight is 288 g/mol. The Hall–Kier alpha value is -0.490. The van der Waals surface area contributed by atoms with E-state index in [4.69, 9.17) is 16.3 Å². The molecule has 1 aliphatic heterocycles. The minimum atomic E-state index is -4.38. The number of carbonyl (C=O) groups is 1. The van der Waals surface area contributed by atoms with Crippen molar-refractivity contribution in [3.05, 3.63) is 0 Å². The highest BCUT2D eigenvalue weighted by atomic mass is 35.5. The molecular formula is C11H17ClF3NO2. The highest BCUT2D eigenvalue weighted by Gasteiger charge is 2.32. The largest absolute Gasteiger partial charge is 0.406 e. The normalized spacial score (nSPS) is 20.1. The van der Waals surface area contributed by atoms with Crippen LogP contribution in [0.25, 0.3) is 0 Å². The molecular weight excluding hydrogens is 271 g/mol. The average Bonchev–Trinajstić information content (AvgIpc) is 2.76. The van der Waals surface area contributed by atoms with Gasteiger partial charge >= 0.3 is 6.18 Å². The first-order valence-electron chi connectivity index (χ1n) is 5.94. The van der Waals surface area contributed by atoms with E-state index in [1.807, 2.05) is 0 Å². The van der Waals surface area contributed by atoms with Crippen molar-refractivity contribution < 1.29 is 22.7 Å². The third-order valence-corrected chi connectivity index (χ3v) is 2.95. The Morgan fingerprint density at radius 1 is 1.44 bits per heavy atom. The summed E-state index contributed by atoms with van der Waals surface area (Å²) in [6, 6.07) is 0. The van der Waals surface area contributed by atoms with E-state index in [0.29, 0.717) is 13.0 Å². The van der Waals surface area contributed by atoms with Crippen LogP contribution < -0.4 is 0 Å². The number of nitrogens with zero attached hydrogens (tertiary/aromatic N) is 1. The first-order chi connectivity index (χ1) is 8.42. The Bertz CT molecular complexity index is 268. The summed E-state index contributed by atoms with van der Waals surface area (Å²) in [4.78, 5) is 12.4. The zero-order valence-corrected chi connectivity index (χ0v) is 10.8. The van der Waals surface area contributed by atoms with Crippen molar-refractivity contribution in [3.8, 4) is 0 Å². The summed E-state index contributed by atoms with van der Waals surface area (Å²) >= 11 is 5.41. The number of hydrogen-bond donors (Lipinski definition) is 0. The van der Waals surface area contributed by atoms with Crippen LogP contribution in [0.3, 0.4) is 0 Å². The summed E-state index contributed by atoms with van der Waals surface area (Å²) in [5.41, 5.74) is 0. The van der Waals surface area contributed by atoms with Gasteiger partial charge in [-0.3, -0.25) is 4.79 Å². The number of rotatable bonds is 6. The van der Waals surface area contributed by atoms with Crippen LogP contribution in [0, 0.1) is 0 Å². The lowest BCUT2D eigenvalue weighted by atomic mass is 10.1. The lowest BCUT2D eigenvalue weighted by Crippen LogP contribution is -2.40. The predicted molar refractivity (Wildman–Crippen MR) is 61.6 cm³/mol. The van der Waals surface area contributed by atoms with E-state index in [1.165, 1.54) is 0 Å². The van der Waals surface area contributed by atoms with Crippen molar-refractivity contribution in [1.29, 1.82) is 0 Å². The fraction of sp³-hybridized carbons (Fsp3) is 0.909. The zero-order valence-electron chi connectivity index (χ0n) is 10.0. The van der Waals surface area contributed by atoms with Gasteiger partial charge in [0.2, 0.25) is 5.91 Å². The van der Waals surface area contributed by atoms with Gasteiger partial charge in [-0.15, -0.1) is 11.6 Å². The van der Waals surface area contributed by atoms with Gasteiger partial charge in [0.25, 0.3) is 0 Å². The molecule has 7 heteroatoms. The molecule has 1 heterocycles. The monoisotopic (exact) mass is 287 g/mol. The molecule has 1 saturated heterocycles. The molecule has 1 aliphatic rings. The molecule has 1 fully saturated rings. The molecule has 1 unspecified atom stereocenters. The quantitative estimate of drug-likeness (QED) is 0.703. The SMILES string of the molecule is O=C(CCC1CCCO1)N(CCCl)CC(F)(F)F. The highest BCUT2D eigenvalue weighted by Crippen LogP contribution is 2.20. The van der Waals surface area contributed by atoms with E-state index in [-0.39, 0.29) is 24.9 Å². The molecule has 0 aromatic carbocycles. The van der Waals surface area contributed by atoms with Crippen molar-refractivity contribution in [2.24, 2.45) is 0 Å². The molecule has 1 amide bonds. The summed E-state index contributed by atoms with van der Waals surface area (Å²) in [7, 11) is 0. The van der Waals surface area contributed by atoms with Crippen LogP contribution in [0.1, 0.15) is 25.7 Å². The van der Waals surface area contributed by atoms with E-state index < -0.39 is 18.6 Å². The third kappa shape index (κ3) is 5.91. The van der Waals surface area contributed by atoms with Crippen LogP contribution in [0.5, 0.6) is 0 Å². The molecule has 0 N–H and O–H groups in total. The number of hydrogen-bond acceptors (Lipinski definition) is 2. The van der Waals surface area contributed by atoms with Gasteiger partial charge in [-0.25, -0.2) is 0 Å². The maximum atomic E-state index is 12.3. The van der Waals surface area contributed by atoms with Crippen LogP contribution in [0.2, 0.25) is 0 Å². The van der Waals surface area contributed by atoms with Gasteiger partial charge in [0.05, 0.1) is 6.10 Å². The first kappa shape index (κ1) is 15.6. The molecule has 106 valence electrons. The predicted octanol–water partition coefficient (Wildman–Crippen LogP) is 2.58. The van der Waals surface area contributed by atoms with Crippen molar-refractivity contribution in [2.45, 2.75) is 38.0 Å². The molecule has 0 saturated carbocycles. The minimum Gasteiger partial charge on any atom is -0.378 e. The van der Waals surface area contributed by atoms with E-state index in [9.17, 15) is 18.0 Å². The van der Waals surface area contributed by atoms with E-state index in [2.05, 4.69) is 0 Å². The smallest absolute Gasteiger partial charge is 0.378 e. The van der Waals surface area contributed by atoms with Gasteiger partial charge in [-0.1, -0.05) is 0 Å². The lowest BCUT2D eigenvalue weighted by molar-refractivity contribution is -0.161. The number of carbonyl (C=O) groups excluding carboxylic acids is 1. The second-order valence-electron chi connectivity index (χ2n) is 4.29. The van der Waals surface area contributed by atoms with Crippen LogP contribution in [0.4, 0.5) is 13.2 Å². The van der Waals surface area contributed by atoms with Gasteiger partial charge in [0.1, 0.15) is 6.54 Å². The zero-order chi connectivity index (χ0) is 13.6. The molecule has 18 heavy (non-hydrogen) atoms. The molecule has 1 atom stereocenters. The summed E-state index contributed by atoms with van der Waals surface area (Å²) in [5, 5.41) is 0. The van der Waals surface area contributed by atoms with Gasteiger partial charge in [0.15, 0.2) is 0 Å². The Labute approximate surface area is 109 Å². The van der Waals surface area contributed by atoms with E-state index in [1.54, 1.807) is 0 Å². The van der Waals surface area contributed by atoms with Crippen molar-refractivity contribution >= 4 is 17.5 Å². The molecule has 1 rings (SSSR count). The van der Waals surface area contributed by atoms with Crippen molar-refractivity contribution in [1.82, 2.24) is 4.90 Å². The van der Waals surface area contributed by atoms with Crippen LogP contribution in [-0.4, -0.2) is 48.7 Å². The Morgan fingerprint density at radius 3 is 2.67 bits per heavy atom. The van der Waals surface area contributed by atoms with Gasteiger partial charge in [0, 0.05) is 25.5 Å². The molecule has 0 bridgehead atoms. The minimum absolute atomic E-state index is 0.00173. The van der Waals surface area contributed by atoms with Crippen LogP contribution in [0.15, 0.2) is 0 Å². The Morgan fingerprint density at radius 2 is 2.17 bits per heavy atom. The number of halogens is 4. The molecule has 0 radical (unpaired) electrons. The Kier molecular flexibility index (Phi) is 6.21. The van der Waals surface area contributed by atoms with Crippen molar-refractivity contribution in [2.75, 3.05) is 25.6 Å². The lowest BCUT2D eigenvalue weighted by Gasteiger charge is -2.23. The maximum Gasteiger partial charge on any atom is 0.406 e. The van der Waals surface area contributed by atoms with Gasteiger partial charge < -0.3 is 9.64 Å². The molecule has 3 nitrogen and oxygen atoms in total. The Balaban J connectivity index is 2.38. The number of amides is 1. The second kappa shape index (κ2) is 7.19. The molecule has 0 aliphatic carbocycles. The summed E-state index contributed by atoms with van der Waals surface area (Å²) in [6.45, 7) is -0.637. The van der Waals surface area contributed by atoms with E-state index >= 15 is 0 Å². The third-order valence-electron chi connectivity index (χ3n) is 2.78. The maximum absolute atomic E-state index is 12.3. The second-order valence-corrected chi connectivity index (χ2v) is 4.67. The summed E-state index contributed by atoms with van der Waals surface area (Å²) in [5.74, 6) is -0.509. The number of ether oxygens (including phenoxy) is 1. The highest BCUT2D eigenvalue weighted by molar-refractivity contribution is 6.18. The van der Waals surface area contributed by atoms with Gasteiger partial charge in [-0.2, -0.15) is 13.2 Å². The fourth-order valence-corrected chi connectivity index (χ4v) is 2.13. The number of alkyl halides is 4. The molecule has 0 aromatic rings. The van der Waals surface area contributed by atoms with Gasteiger partial charge in [-0.05, 0) is 19.3 Å². The van der Waals surface area contributed by atoms with E-state index in [0.717, 1.165) is 17.7 Å². The van der Waals surface area contributed by atoms with Crippen LogP contribution in [-0.2, 0) is 9.53 Å². The van der Waals surface area contributed by atoms with Crippen LogP contribution >= 0.6 is 11.6 Å². The standard InChI is InChI=1S/C11H17ClF3NO2/c12-5-6-16(8-11(13,14)15)10(17)4-3-9-2-1-7-18-9/h9H,1-8H2. The first-order valence-corrected chi connectivity index (χ1v) is 6.48.